The number of hydrogen-bond donors (Lipinski definition) is 1. The van der Waals surface area contributed by atoms with Crippen molar-refractivity contribution in [3.8, 4) is 0 Å². The Bertz CT molecular complexity index is 566. The van der Waals surface area contributed by atoms with Crippen molar-refractivity contribution in [1.82, 2.24) is 5.43 Å². The number of para-hydroxylation sites is 1. The fraction of sp³-hybridized carbons (Fsp3) is 0.200. The van der Waals surface area contributed by atoms with Crippen LogP contribution in [0.25, 0.3) is 0 Å². The normalized spacial score (nSPS) is 18.8. The molecule has 18 heavy (non-hydrogen) atoms. The molecule has 0 aliphatic carbocycles. The molecule has 0 fully saturated rings. The van der Waals surface area contributed by atoms with Gasteiger partial charge < -0.3 is 0 Å². The SMILES string of the molecule is CC1=NNC(=O)C1N=Nc1ccccc1[N+](=O)[O-]. The summed E-state index contributed by atoms with van der Waals surface area (Å²) >= 11 is 0. The first-order valence-corrected chi connectivity index (χ1v) is 5.08. The van der Waals surface area contributed by atoms with E-state index in [1.54, 1.807) is 13.0 Å². The molecule has 1 atom stereocenters. The van der Waals surface area contributed by atoms with Crippen molar-refractivity contribution in [1.29, 1.82) is 0 Å². The van der Waals surface area contributed by atoms with Crippen LogP contribution in [-0.4, -0.2) is 22.6 Å². The Morgan fingerprint density at radius 2 is 2.17 bits per heavy atom. The van der Waals surface area contributed by atoms with Gasteiger partial charge in [-0.05, 0) is 13.0 Å². The van der Waals surface area contributed by atoms with E-state index in [-0.39, 0.29) is 11.4 Å². The molecule has 8 heteroatoms. The molecule has 2 rings (SSSR count). The van der Waals surface area contributed by atoms with Crippen LogP contribution in [0.2, 0.25) is 0 Å². The lowest BCUT2D eigenvalue weighted by Gasteiger charge is -1.99. The van der Waals surface area contributed by atoms with Gasteiger partial charge in [0.05, 0.1) is 10.6 Å². The number of nitro benzene ring substituents is 1. The van der Waals surface area contributed by atoms with Gasteiger partial charge in [-0.3, -0.25) is 14.9 Å². The standard InChI is InChI=1S/C10H9N5O3/c1-6-9(10(16)14-11-6)13-12-7-4-2-3-5-8(7)15(17)18/h2-5,9H,1H3,(H,14,16). The molecule has 1 unspecified atom stereocenters. The summed E-state index contributed by atoms with van der Waals surface area (Å²) in [6.45, 7) is 1.63. The summed E-state index contributed by atoms with van der Waals surface area (Å²) in [5, 5.41) is 22.0. The number of rotatable bonds is 3. The van der Waals surface area contributed by atoms with Crippen LogP contribution in [0.5, 0.6) is 0 Å². The molecular weight excluding hydrogens is 238 g/mol. The lowest BCUT2D eigenvalue weighted by Crippen LogP contribution is -2.25. The third kappa shape index (κ3) is 2.21. The van der Waals surface area contributed by atoms with Crippen LogP contribution in [0.3, 0.4) is 0 Å². The maximum atomic E-state index is 11.3. The second-order valence-electron chi connectivity index (χ2n) is 3.59. The Labute approximate surface area is 102 Å². The van der Waals surface area contributed by atoms with E-state index in [1.165, 1.54) is 18.2 Å². The molecule has 92 valence electrons. The van der Waals surface area contributed by atoms with Gasteiger partial charge in [0.2, 0.25) is 0 Å². The second kappa shape index (κ2) is 4.70. The Hall–Kier alpha value is -2.64. The highest BCUT2D eigenvalue weighted by Gasteiger charge is 2.26. The molecule has 1 heterocycles. The predicted molar refractivity (Wildman–Crippen MR) is 62.7 cm³/mol. The van der Waals surface area contributed by atoms with Crippen LogP contribution in [0, 0.1) is 10.1 Å². The molecule has 1 aromatic carbocycles. The average molecular weight is 247 g/mol. The third-order valence-corrected chi connectivity index (χ3v) is 2.35. The number of hydrogen-bond acceptors (Lipinski definition) is 6. The minimum Gasteiger partial charge on any atom is -0.270 e. The van der Waals surface area contributed by atoms with Crippen LogP contribution in [0.15, 0.2) is 39.6 Å². The summed E-state index contributed by atoms with van der Waals surface area (Å²) in [5.74, 6) is -0.394. The molecule has 0 saturated heterocycles. The van der Waals surface area contributed by atoms with E-state index < -0.39 is 16.9 Å². The van der Waals surface area contributed by atoms with Gasteiger partial charge in [-0.25, -0.2) is 5.43 Å². The number of carbonyl (C=O) groups excluding carboxylic acids is 1. The van der Waals surface area contributed by atoms with Crippen LogP contribution in [-0.2, 0) is 4.79 Å². The van der Waals surface area contributed by atoms with Crippen molar-refractivity contribution in [2.45, 2.75) is 13.0 Å². The maximum Gasteiger partial charge on any atom is 0.296 e. The molecule has 0 saturated carbocycles. The first kappa shape index (κ1) is 11.8. The molecule has 1 aliphatic rings. The zero-order valence-electron chi connectivity index (χ0n) is 9.40. The lowest BCUT2D eigenvalue weighted by atomic mass is 10.2. The first-order chi connectivity index (χ1) is 8.59. The fourth-order valence-corrected chi connectivity index (χ4v) is 1.41. The molecule has 0 spiro atoms. The van der Waals surface area contributed by atoms with Crippen molar-refractivity contribution in [2.75, 3.05) is 0 Å². The summed E-state index contributed by atoms with van der Waals surface area (Å²) in [4.78, 5) is 21.5. The molecular formula is C10H9N5O3. The van der Waals surface area contributed by atoms with E-state index in [2.05, 4.69) is 20.8 Å². The zero-order chi connectivity index (χ0) is 13.1. The van der Waals surface area contributed by atoms with E-state index in [4.69, 9.17) is 0 Å². The molecule has 1 amide bonds. The van der Waals surface area contributed by atoms with Crippen LogP contribution in [0.4, 0.5) is 11.4 Å². The van der Waals surface area contributed by atoms with E-state index in [9.17, 15) is 14.9 Å². The molecule has 0 bridgehead atoms. The second-order valence-corrected chi connectivity index (χ2v) is 3.59. The topological polar surface area (TPSA) is 109 Å². The smallest absolute Gasteiger partial charge is 0.270 e. The predicted octanol–water partition coefficient (Wildman–Crippen LogP) is 1.55. The summed E-state index contributed by atoms with van der Waals surface area (Å²) in [5.41, 5.74) is 2.68. The minimum atomic E-state index is -0.815. The number of nitro groups is 1. The quantitative estimate of drug-likeness (QED) is 0.497. The van der Waals surface area contributed by atoms with Gasteiger partial charge in [-0.15, -0.1) is 5.11 Å². The largest absolute Gasteiger partial charge is 0.296 e. The van der Waals surface area contributed by atoms with E-state index in [1.807, 2.05) is 0 Å². The highest BCUT2D eigenvalue weighted by atomic mass is 16.6. The Morgan fingerprint density at radius 1 is 1.44 bits per heavy atom. The number of azo groups is 1. The van der Waals surface area contributed by atoms with E-state index >= 15 is 0 Å². The van der Waals surface area contributed by atoms with Gasteiger partial charge in [0.25, 0.3) is 11.6 Å². The molecule has 1 aromatic rings. The first-order valence-electron chi connectivity index (χ1n) is 5.08. The van der Waals surface area contributed by atoms with Crippen molar-refractivity contribution in [3.63, 3.8) is 0 Å². The Balaban J connectivity index is 2.27. The minimum absolute atomic E-state index is 0.106. The van der Waals surface area contributed by atoms with E-state index in [0.717, 1.165) is 0 Å². The monoisotopic (exact) mass is 247 g/mol. The Morgan fingerprint density at radius 3 is 2.78 bits per heavy atom. The molecule has 8 nitrogen and oxygen atoms in total. The highest BCUT2D eigenvalue weighted by molar-refractivity contribution is 6.10. The lowest BCUT2D eigenvalue weighted by molar-refractivity contribution is -0.384. The third-order valence-electron chi connectivity index (χ3n) is 2.35. The van der Waals surface area contributed by atoms with Gasteiger partial charge in [-0.1, -0.05) is 12.1 Å². The number of benzene rings is 1. The van der Waals surface area contributed by atoms with Gasteiger partial charge in [0.1, 0.15) is 0 Å². The summed E-state index contributed by atoms with van der Waals surface area (Å²) < 4.78 is 0. The number of carbonyl (C=O) groups is 1. The molecule has 1 N–H and O–H groups in total. The molecule has 1 aliphatic heterocycles. The summed E-state index contributed by atoms with van der Waals surface area (Å²) in [6, 6.07) is 5.11. The summed E-state index contributed by atoms with van der Waals surface area (Å²) in [7, 11) is 0. The number of nitrogens with one attached hydrogen (secondary N) is 1. The fourth-order valence-electron chi connectivity index (χ4n) is 1.41. The number of amides is 1. The van der Waals surface area contributed by atoms with Gasteiger partial charge in [-0.2, -0.15) is 10.2 Å². The zero-order valence-corrected chi connectivity index (χ0v) is 9.40. The van der Waals surface area contributed by atoms with Gasteiger partial charge in [0.15, 0.2) is 11.7 Å². The Kier molecular flexibility index (Phi) is 3.09. The summed E-state index contributed by atoms with van der Waals surface area (Å²) in [6.07, 6.45) is 0. The molecule has 0 radical (unpaired) electrons. The van der Waals surface area contributed by atoms with Crippen molar-refractivity contribution >= 4 is 23.0 Å². The number of nitrogens with zero attached hydrogens (tertiary/aromatic N) is 4. The van der Waals surface area contributed by atoms with E-state index in [0.29, 0.717) is 5.71 Å². The van der Waals surface area contributed by atoms with Crippen molar-refractivity contribution in [3.05, 3.63) is 34.4 Å². The van der Waals surface area contributed by atoms with Gasteiger partial charge in [0, 0.05) is 6.07 Å². The van der Waals surface area contributed by atoms with Crippen LogP contribution < -0.4 is 5.43 Å². The van der Waals surface area contributed by atoms with Crippen LogP contribution in [0.1, 0.15) is 6.92 Å². The highest BCUT2D eigenvalue weighted by Crippen LogP contribution is 2.27. The maximum absolute atomic E-state index is 11.3. The van der Waals surface area contributed by atoms with Crippen molar-refractivity contribution < 1.29 is 9.72 Å². The average Bonchev–Trinajstić information content (AvgIpc) is 2.67. The van der Waals surface area contributed by atoms with Crippen molar-refractivity contribution in [2.24, 2.45) is 15.3 Å². The number of hydrazone groups is 1. The van der Waals surface area contributed by atoms with Crippen LogP contribution >= 0.6 is 0 Å². The van der Waals surface area contributed by atoms with Gasteiger partial charge >= 0.3 is 0 Å². The molecule has 0 aromatic heterocycles.